The van der Waals surface area contributed by atoms with E-state index < -0.39 is 5.97 Å². The number of likely N-dealkylation sites (N-methyl/N-ethyl adjacent to an activating group) is 1. The Morgan fingerprint density at radius 3 is 2.81 bits per heavy atom. The molecule has 0 radical (unpaired) electrons. The Morgan fingerprint density at radius 1 is 1.50 bits per heavy atom. The molecule has 0 aromatic heterocycles. The SMILES string of the molecule is C=CCN(C)c1ccccc1/C=C/C(=O)O. The Bertz CT molecular complexity index is 410. The summed E-state index contributed by atoms with van der Waals surface area (Å²) >= 11 is 0. The van der Waals surface area contributed by atoms with Crippen molar-refractivity contribution >= 4 is 17.7 Å². The van der Waals surface area contributed by atoms with Crippen LogP contribution >= 0.6 is 0 Å². The van der Waals surface area contributed by atoms with Gasteiger partial charge in [-0.2, -0.15) is 0 Å². The highest BCUT2D eigenvalue weighted by Crippen LogP contribution is 2.20. The van der Waals surface area contributed by atoms with E-state index in [0.29, 0.717) is 0 Å². The first kappa shape index (κ1) is 12.0. The molecule has 0 fully saturated rings. The molecular weight excluding hydrogens is 202 g/mol. The van der Waals surface area contributed by atoms with Crippen molar-refractivity contribution in [3.05, 3.63) is 48.6 Å². The van der Waals surface area contributed by atoms with Crippen LogP contribution in [0.2, 0.25) is 0 Å². The molecule has 1 aromatic carbocycles. The molecule has 0 amide bonds. The lowest BCUT2D eigenvalue weighted by Crippen LogP contribution is -2.17. The van der Waals surface area contributed by atoms with Crippen molar-refractivity contribution in [2.45, 2.75) is 0 Å². The predicted molar refractivity (Wildman–Crippen MR) is 66.6 cm³/mol. The smallest absolute Gasteiger partial charge is 0.328 e. The average Bonchev–Trinajstić information content (AvgIpc) is 2.27. The minimum absolute atomic E-state index is 0.720. The summed E-state index contributed by atoms with van der Waals surface area (Å²) in [6, 6.07) is 7.64. The second-order valence-electron chi connectivity index (χ2n) is 3.40. The zero-order chi connectivity index (χ0) is 12.0. The van der Waals surface area contributed by atoms with Gasteiger partial charge >= 0.3 is 5.97 Å². The maximum absolute atomic E-state index is 10.5. The molecule has 84 valence electrons. The molecule has 0 saturated heterocycles. The molecule has 1 N–H and O–H groups in total. The molecule has 16 heavy (non-hydrogen) atoms. The number of aliphatic carboxylic acids is 1. The third-order valence-electron chi connectivity index (χ3n) is 2.16. The summed E-state index contributed by atoms with van der Waals surface area (Å²) in [6.07, 6.45) is 4.54. The topological polar surface area (TPSA) is 40.5 Å². The van der Waals surface area contributed by atoms with Gasteiger partial charge in [0.2, 0.25) is 0 Å². The van der Waals surface area contributed by atoms with Crippen LogP contribution in [-0.4, -0.2) is 24.7 Å². The van der Waals surface area contributed by atoms with Gasteiger partial charge < -0.3 is 10.0 Å². The van der Waals surface area contributed by atoms with E-state index >= 15 is 0 Å². The van der Waals surface area contributed by atoms with E-state index in [-0.39, 0.29) is 0 Å². The van der Waals surface area contributed by atoms with E-state index in [0.717, 1.165) is 23.9 Å². The van der Waals surface area contributed by atoms with E-state index in [9.17, 15) is 4.79 Å². The summed E-state index contributed by atoms with van der Waals surface area (Å²) in [7, 11) is 1.94. The highest BCUT2D eigenvalue weighted by molar-refractivity contribution is 5.86. The molecule has 0 unspecified atom stereocenters. The van der Waals surface area contributed by atoms with E-state index in [4.69, 9.17) is 5.11 Å². The fourth-order valence-electron chi connectivity index (χ4n) is 1.43. The van der Waals surface area contributed by atoms with Gasteiger partial charge in [0.15, 0.2) is 0 Å². The number of rotatable bonds is 5. The fourth-order valence-corrected chi connectivity index (χ4v) is 1.43. The number of para-hydroxylation sites is 1. The molecule has 3 heteroatoms. The van der Waals surface area contributed by atoms with Crippen LogP contribution in [-0.2, 0) is 4.79 Å². The van der Waals surface area contributed by atoms with Gasteiger partial charge in [-0.1, -0.05) is 24.3 Å². The van der Waals surface area contributed by atoms with Crippen molar-refractivity contribution in [1.82, 2.24) is 0 Å². The van der Waals surface area contributed by atoms with Gasteiger partial charge in [0.25, 0.3) is 0 Å². The lowest BCUT2D eigenvalue weighted by atomic mass is 10.1. The number of hydrogen-bond donors (Lipinski definition) is 1. The first-order valence-corrected chi connectivity index (χ1v) is 4.97. The monoisotopic (exact) mass is 217 g/mol. The van der Waals surface area contributed by atoms with Crippen molar-refractivity contribution in [2.75, 3.05) is 18.5 Å². The summed E-state index contributed by atoms with van der Waals surface area (Å²) in [4.78, 5) is 12.5. The molecule has 0 saturated carbocycles. The van der Waals surface area contributed by atoms with Gasteiger partial charge in [-0.3, -0.25) is 0 Å². The van der Waals surface area contributed by atoms with Crippen LogP contribution in [0.5, 0.6) is 0 Å². The molecule has 0 aliphatic carbocycles. The van der Waals surface area contributed by atoms with Crippen LogP contribution in [0, 0.1) is 0 Å². The van der Waals surface area contributed by atoms with Gasteiger partial charge in [0, 0.05) is 25.4 Å². The number of hydrogen-bond acceptors (Lipinski definition) is 2. The van der Waals surface area contributed by atoms with Crippen LogP contribution in [0.25, 0.3) is 6.08 Å². The van der Waals surface area contributed by atoms with E-state index in [1.807, 2.05) is 36.2 Å². The number of nitrogens with zero attached hydrogens (tertiary/aromatic N) is 1. The summed E-state index contributed by atoms with van der Waals surface area (Å²) in [6.45, 7) is 4.40. The Labute approximate surface area is 95.3 Å². The minimum atomic E-state index is -0.943. The van der Waals surface area contributed by atoms with Crippen molar-refractivity contribution in [2.24, 2.45) is 0 Å². The van der Waals surface area contributed by atoms with Crippen LogP contribution in [0.3, 0.4) is 0 Å². The maximum atomic E-state index is 10.5. The molecule has 0 bridgehead atoms. The summed E-state index contributed by atoms with van der Waals surface area (Å²) in [5, 5.41) is 8.59. The van der Waals surface area contributed by atoms with Crippen molar-refractivity contribution in [3.8, 4) is 0 Å². The minimum Gasteiger partial charge on any atom is -0.478 e. The van der Waals surface area contributed by atoms with Gasteiger partial charge in [0.05, 0.1) is 0 Å². The third kappa shape index (κ3) is 3.28. The molecule has 0 heterocycles. The van der Waals surface area contributed by atoms with E-state index in [1.54, 1.807) is 12.2 Å². The molecule has 0 aliphatic rings. The first-order valence-electron chi connectivity index (χ1n) is 4.97. The lowest BCUT2D eigenvalue weighted by molar-refractivity contribution is -0.131. The Balaban J connectivity index is 2.99. The molecule has 1 rings (SSSR count). The Hall–Kier alpha value is -2.03. The number of carboxylic acid groups (broad SMARTS) is 1. The zero-order valence-corrected chi connectivity index (χ0v) is 9.26. The van der Waals surface area contributed by atoms with Crippen LogP contribution in [0.1, 0.15) is 5.56 Å². The van der Waals surface area contributed by atoms with Crippen LogP contribution in [0.4, 0.5) is 5.69 Å². The summed E-state index contributed by atoms with van der Waals surface area (Å²) in [5.74, 6) is -0.943. The number of anilines is 1. The normalized spacial score (nSPS) is 10.3. The number of carbonyl (C=O) groups is 1. The number of benzene rings is 1. The van der Waals surface area contributed by atoms with Crippen LogP contribution in [0.15, 0.2) is 43.0 Å². The van der Waals surface area contributed by atoms with E-state index in [2.05, 4.69) is 6.58 Å². The first-order chi connectivity index (χ1) is 7.65. The summed E-state index contributed by atoms with van der Waals surface area (Å²) in [5.41, 5.74) is 1.87. The molecule has 0 atom stereocenters. The number of carboxylic acids is 1. The van der Waals surface area contributed by atoms with E-state index in [1.165, 1.54) is 0 Å². The Morgan fingerprint density at radius 2 is 2.19 bits per heavy atom. The maximum Gasteiger partial charge on any atom is 0.328 e. The molecular formula is C13H15NO2. The predicted octanol–water partition coefficient (Wildman–Crippen LogP) is 2.41. The van der Waals surface area contributed by atoms with Crippen molar-refractivity contribution in [1.29, 1.82) is 0 Å². The zero-order valence-electron chi connectivity index (χ0n) is 9.26. The quantitative estimate of drug-likeness (QED) is 0.608. The molecule has 0 spiro atoms. The van der Waals surface area contributed by atoms with Gasteiger partial charge in [-0.25, -0.2) is 4.79 Å². The highest BCUT2D eigenvalue weighted by atomic mass is 16.4. The standard InChI is InChI=1S/C13H15NO2/c1-3-10-14(2)12-7-5-4-6-11(12)8-9-13(15)16/h3-9H,1,10H2,2H3,(H,15,16)/b9-8+. The van der Waals surface area contributed by atoms with Gasteiger partial charge in [0.1, 0.15) is 0 Å². The Kier molecular flexibility index (Phi) is 4.33. The second-order valence-corrected chi connectivity index (χ2v) is 3.40. The average molecular weight is 217 g/mol. The lowest BCUT2D eigenvalue weighted by Gasteiger charge is -2.19. The molecule has 3 nitrogen and oxygen atoms in total. The largest absolute Gasteiger partial charge is 0.478 e. The third-order valence-corrected chi connectivity index (χ3v) is 2.16. The fraction of sp³-hybridized carbons (Fsp3) is 0.154. The van der Waals surface area contributed by atoms with Crippen LogP contribution < -0.4 is 4.90 Å². The van der Waals surface area contributed by atoms with Crippen molar-refractivity contribution in [3.63, 3.8) is 0 Å². The highest BCUT2D eigenvalue weighted by Gasteiger charge is 2.02. The van der Waals surface area contributed by atoms with Gasteiger partial charge in [-0.05, 0) is 17.7 Å². The van der Waals surface area contributed by atoms with Gasteiger partial charge in [-0.15, -0.1) is 6.58 Å². The second kappa shape index (κ2) is 5.75. The molecule has 0 aliphatic heterocycles. The molecule has 1 aromatic rings. The summed E-state index contributed by atoms with van der Waals surface area (Å²) < 4.78 is 0. The van der Waals surface area contributed by atoms with Crippen molar-refractivity contribution < 1.29 is 9.90 Å².